The third-order valence-corrected chi connectivity index (χ3v) is 2.78. The van der Waals surface area contributed by atoms with Gasteiger partial charge in [-0.25, -0.2) is 0 Å². The van der Waals surface area contributed by atoms with Gasteiger partial charge >= 0.3 is 0 Å². The van der Waals surface area contributed by atoms with Gasteiger partial charge in [0.25, 0.3) is 6.01 Å². The largest absolute Gasteiger partial charge is 0.424 e. The Morgan fingerprint density at radius 1 is 1.24 bits per heavy atom. The Hall–Kier alpha value is -1.51. The van der Waals surface area contributed by atoms with Crippen molar-refractivity contribution in [1.82, 2.24) is 4.98 Å². The molecule has 1 N–H and O–H groups in total. The molecule has 0 radical (unpaired) electrons. The molecule has 3 heteroatoms. The summed E-state index contributed by atoms with van der Waals surface area (Å²) in [5.41, 5.74) is 1.76. The van der Waals surface area contributed by atoms with Gasteiger partial charge in [-0.15, -0.1) is 0 Å². The molecule has 2 aromatic rings. The molecule has 0 aliphatic carbocycles. The van der Waals surface area contributed by atoms with Gasteiger partial charge in [0.05, 0.1) is 0 Å². The molecule has 17 heavy (non-hydrogen) atoms. The summed E-state index contributed by atoms with van der Waals surface area (Å²) in [5, 5.41) is 3.23. The van der Waals surface area contributed by atoms with E-state index in [2.05, 4.69) is 24.1 Å². The van der Waals surface area contributed by atoms with Crippen LogP contribution in [0.4, 0.5) is 6.01 Å². The predicted molar refractivity (Wildman–Crippen MR) is 71.2 cm³/mol. The minimum atomic E-state index is 0.635. The summed E-state index contributed by atoms with van der Waals surface area (Å²) in [5.74, 6) is 0.791. The highest BCUT2D eigenvalue weighted by Gasteiger charge is 2.03. The summed E-state index contributed by atoms with van der Waals surface area (Å²) in [6.45, 7) is 5.45. The highest BCUT2D eigenvalue weighted by Crippen LogP contribution is 2.18. The first-order valence-electron chi connectivity index (χ1n) is 6.35. The van der Waals surface area contributed by atoms with Crippen molar-refractivity contribution in [3.05, 3.63) is 24.3 Å². The number of nitrogens with one attached hydrogen (secondary N) is 1. The van der Waals surface area contributed by atoms with E-state index in [1.165, 1.54) is 12.8 Å². The molecule has 2 rings (SSSR count). The number of hydrogen-bond acceptors (Lipinski definition) is 3. The van der Waals surface area contributed by atoms with E-state index in [0.29, 0.717) is 6.01 Å². The van der Waals surface area contributed by atoms with Crippen LogP contribution in [0.25, 0.3) is 11.1 Å². The van der Waals surface area contributed by atoms with Gasteiger partial charge in [-0.2, -0.15) is 4.98 Å². The van der Waals surface area contributed by atoms with Crippen molar-refractivity contribution < 1.29 is 4.42 Å². The van der Waals surface area contributed by atoms with Crippen LogP contribution >= 0.6 is 0 Å². The fraction of sp³-hybridized carbons (Fsp3) is 0.500. The fourth-order valence-electron chi connectivity index (χ4n) is 1.82. The normalized spacial score (nSPS) is 11.2. The van der Waals surface area contributed by atoms with Crippen LogP contribution in [0.2, 0.25) is 0 Å². The van der Waals surface area contributed by atoms with Gasteiger partial charge < -0.3 is 9.73 Å². The molecular weight excluding hydrogens is 212 g/mol. The lowest BCUT2D eigenvalue weighted by atomic mass is 10.1. The highest BCUT2D eigenvalue weighted by atomic mass is 16.4. The number of nitrogens with zero attached hydrogens (tertiary/aromatic N) is 1. The van der Waals surface area contributed by atoms with E-state index in [0.717, 1.165) is 30.0 Å². The molecule has 0 saturated heterocycles. The third-order valence-electron chi connectivity index (χ3n) is 2.78. The van der Waals surface area contributed by atoms with E-state index in [1.807, 2.05) is 24.3 Å². The molecule has 0 atom stereocenters. The second-order valence-corrected chi connectivity index (χ2v) is 4.80. The van der Waals surface area contributed by atoms with Crippen LogP contribution in [-0.4, -0.2) is 11.5 Å². The van der Waals surface area contributed by atoms with E-state index in [1.54, 1.807) is 0 Å². The first-order chi connectivity index (χ1) is 8.25. The summed E-state index contributed by atoms with van der Waals surface area (Å²) in [7, 11) is 0. The van der Waals surface area contributed by atoms with Crippen LogP contribution in [0.3, 0.4) is 0 Å². The molecule has 0 bridgehead atoms. The van der Waals surface area contributed by atoms with E-state index in [9.17, 15) is 0 Å². The number of unbranched alkanes of at least 4 members (excludes halogenated alkanes) is 1. The van der Waals surface area contributed by atoms with E-state index in [-0.39, 0.29) is 0 Å². The van der Waals surface area contributed by atoms with E-state index >= 15 is 0 Å². The minimum Gasteiger partial charge on any atom is -0.424 e. The van der Waals surface area contributed by atoms with Gasteiger partial charge in [0.15, 0.2) is 5.58 Å². The zero-order valence-corrected chi connectivity index (χ0v) is 10.6. The Bertz CT molecular complexity index is 429. The molecule has 0 unspecified atom stereocenters. The van der Waals surface area contributed by atoms with Crippen LogP contribution in [0, 0.1) is 5.92 Å². The average Bonchev–Trinajstić information content (AvgIpc) is 2.70. The van der Waals surface area contributed by atoms with Gasteiger partial charge in [-0.05, 0) is 24.5 Å². The zero-order chi connectivity index (χ0) is 12.1. The molecule has 0 spiro atoms. The second-order valence-electron chi connectivity index (χ2n) is 4.80. The molecule has 92 valence electrons. The van der Waals surface area contributed by atoms with E-state index in [4.69, 9.17) is 4.42 Å². The molecule has 0 saturated carbocycles. The molecule has 1 aromatic carbocycles. The van der Waals surface area contributed by atoms with Gasteiger partial charge in [0.2, 0.25) is 0 Å². The number of anilines is 1. The summed E-state index contributed by atoms with van der Waals surface area (Å²) in [4.78, 5) is 4.37. The standard InChI is InChI=1S/C14H20N2O/c1-11(2)7-5-6-10-15-14-16-12-8-3-4-9-13(12)17-14/h3-4,8-9,11H,5-7,10H2,1-2H3,(H,15,16). The highest BCUT2D eigenvalue weighted by molar-refractivity contribution is 5.74. The molecule has 0 aliphatic rings. The van der Waals surface area contributed by atoms with Crippen molar-refractivity contribution in [1.29, 1.82) is 0 Å². The van der Waals surface area contributed by atoms with Crippen molar-refractivity contribution >= 4 is 17.1 Å². The van der Waals surface area contributed by atoms with Gasteiger partial charge in [-0.3, -0.25) is 0 Å². The predicted octanol–water partition coefficient (Wildman–Crippen LogP) is 4.07. The zero-order valence-electron chi connectivity index (χ0n) is 10.6. The minimum absolute atomic E-state index is 0.635. The summed E-state index contributed by atoms with van der Waals surface area (Å²) >= 11 is 0. The maximum absolute atomic E-state index is 5.57. The molecule has 0 amide bonds. The van der Waals surface area contributed by atoms with E-state index < -0.39 is 0 Å². The Morgan fingerprint density at radius 3 is 2.82 bits per heavy atom. The second kappa shape index (κ2) is 5.71. The summed E-state index contributed by atoms with van der Waals surface area (Å²) in [6, 6.07) is 8.46. The van der Waals surface area contributed by atoms with Crippen molar-refractivity contribution in [2.75, 3.05) is 11.9 Å². The number of benzene rings is 1. The van der Waals surface area contributed by atoms with Crippen molar-refractivity contribution in [3.63, 3.8) is 0 Å². The molecule has 0 fully saturated rings. The molecule has 1 heterocycles. The fourth-order valence-corrected chi connectivity index (χ4v) is 1.82. The van der Waals surface area contributed by atoms with Gasteiger partial charge in [0.1, 0.15) is 5.52 Å². The van der Waals surface area contributed by atoms with Gasteiger partial charge in [-0.1, -0.05) is 38.8 Å². The number of hydrogen-bond donors (Lipinski definition) is 1. The van der Waals surface area contributed by atoms with Crippen molar-refractivity contribution in [3.8, 4) is 0 Å². The monoisotopic (exact) mass is 232 g/mol. The average molecular weight is 232 g/mol. The molecule has 1 aromatic heterocycles. The summed E-state index contributed by atoms with van der Waals surface area (Å²) in [6.07, 6.45) is 3.71. The first-order valence-corrected chi connectivity index (χ1v) is 6.35. The van der Waals surface area contributed by atoms with Crippen LogP contribution in [0.1, 0.15) is 33.1 Å². The lowest BCUT2D eigenvalue weighted by Gasteiger charge is -2.04. The maximum atomic E-state index is 5.57. The van der Waals surface area contributed by atoms with Crippen LogP contribution < -0.4 is 5.32 Å². The van der Waals surface area contributed by atoms with Crippen molar-refractivity contribution in [2.24, 2.45) is 5.92 Å². The molecular formula is C14H20N2O. The van der Waals surface area contributed by atoms with Crippen LogP contribution in [0.15, 0.2) is 28.7 Å². The Balaban J connectivity index is 1.79. The number of oxazole rings is 1. The number of para-hydroxylation sites is 2. The Morgan fingerprint density at radius 2 is 2.06 bits per heavy atom. The van der Waals surface area contributed by atoms with Crippen LogP contribution in [-0.2, 0) is 0 Å². The number of fused-ring (bicyclic) bond motifs is 1. The maximum Gasteiger partial charge on any atom is 0.295 e. The molecule has 3 nitrogen and oxygen atoms in total. The summed E-state index contributed by atoms with van der Waals surface area (Å²) < 4.78 is 5.57. The van der Waals surface area contributed by atoms with Gasteiger partial charge in [0, 0.05) is 6.54 Å². The smallest absolute Gasteiger partial charge is 0.295 e. The third kappa shape index (κ3) is 3.48. The lowest BCUT2D eigenvalue weighted by molar-refractivity contribution is 0.541. The van der Waals surface area contributed by atoms with Crippen LogP contribution in [0.5, 0.6) is 0 Å². The number of aromatic nitrogens is 1. The quantitative estimate of drug-likeness (QED) is 0.763. The number of rotatable bonds is 6. The Labute approximate surface area is 102 Å². The topological polar surface area (TPSA) is 38.1 Å². The SMILES string of the molecule is CC(C)CCCCNc1nc2ccccc2o1. The lowest BCUT2D eigenvalue weighted by Crippen LogP contribution is -2.02. The molecule has 0 aliphatic heterocycles. The van der Waals surface area contributed by atoms with Crippen molar-refractivity contribution in [2.45, 2.75) is 33.1 Å². The first kappa shape index (κ1) is 12.0. The Kier molecular flexibility index (Phi) is 4.02.